The molecule has 1 fully saturated rings. The van der Waals surface area contributed by atoms with Crippen LogP contribution < -0.4 is 11.1 Å². The molecule has 3 rings (SSSR count). The maximum Gasteiger partial charge on any atom is 0.227 e. The molecule has 0 saturated carbocycles. The molecule has 0 atom stereocenters. The van der Waals surface area contributed by atoms with Crippen LogP contribution in [0.2, 0.25) is 0 Å². The highest BCUT2D eigenvalue weighted by Crippen LogP contribution is 2.29. The number of carbonyl (C=O) groups excluding carboxylic acids is 1. The summed E-state index contributed by atoms with van der Waals surface area (Å²) < 4.78 is 7.37. The molecule has 0 bridgehead atoms. The van der Waals surface area contributed by atoms with Gasteiger partial charge in [0.1, 0.15) is 0 Å². The van der Waals surface area contributed by atoms with Crippen molar-refractivity contribution in [2.75, 3.05) is 19.8 Å². The van der Waals surface area contributed by atoms with Gasteiger partial charge in [-0.3, -0.25) is 4.79 Å². The lowest BCUT2D eigenvalue weighted by Crippen LogP contribution is -2.48. The molecule has 0 aliphatic carbocycles. The van der Waals surface area contributed by atoms with Crippen molar-refractivity contribution in [3.8, 4) is 0 Å². The minimum atomic E-state index is -0.473. The molecule has 1 aliphatic rings. The molecular weight excluding hydrogens is 304 g/mol. The Labute approximate surface area is 142 Å². The van der Waals surface area contributed by atoms with Gasteiger partial charge in [0.2, 0.25) is 5.91 Å². The number of benzene rings is 1. The molecule has 1 amide bonds. The van der Waals surface area contributed by atoms with Gasteiger partial charge >= 0.3 is 0 Å². The minimum absolute atomic E-state index is 0.0378. The van der Waals surface area contributed by atoms with Crippen molar-refractivity contribution in [1.82, 2.24) is 14.9 Å². The van der Waals surface area contributed by atoms with Gasteiger partial charge in [0.05, 0.1) is 11.7 Å². The zero-order chi connectivity index (χ0) is 16.8. The van der Waals surface area contributed by atoms with Gasteiger partial charge in [0.15, 0.2) is 0 Å². The van der Waals surface area contributed by atoms with E-state index in [1.165, 1.54) is 5.56 Å². The number of rotatable bonds is 6. The summed E-state index contributed by atoms with van der Waals surface area (Å²) in [5, 5.41) is 3.04. The number of nitrogens with two attached hydrogens (primary N) is 1. The number of hydrogen-bond donors (Lipinski definition) is 2. The summed E-state index contributed by atoms with van der Waals surface area (Å²) in [6.07, 6.45) is 6.90. The van der Waals surface area contributed by atoms with Crippen LogP contribution in [-0.4, -0.2) is 35.2 Å². The van der Waals surface area contributed by atoms with Crippen LogP contribution in [0, 0.1) is 5.41 Å². The molecule has 1 aromatic heterocycles. The lowest BCUT2D eigenvalue weighted by atomic mass is 9.79. The summed E-state index contributed by atoms with van der Waals surface area (Å²) in [6.45, 7) is 2.89. The predicted molar refractivity (Wildman–Crippen MR) is 91.2 cm³/mol. The fourth-order valence-corrected chi connectivity index (χ4v) is 3.01. The van der Waals surface area contributed by atoms with Crippen molar-refractivity contribution in [2.24, 2.45) is 11.1 Å². The summed E-state index contributed by atoms with van der Waals surface area (Å²) in [5.74, 6) is 0.0378. The van der Waals surface area contributed by atoms with E-state index in [1.807, 2.05) is 22.9 Å². The van der Waals surface area contributed by atoms with Gasteiger partial charge in [0.25, 0.3) is 0 Å². The van der Waals surface area contributed by atoms with Crippen molar-refractivity contribution in [1.29, 1.82) is 0 Å². The van der Waals surface area contributed by atoms with Crippen LogP contribution in [0.4, 0.5) is 0 Å². The fourth-order valence-electron chi connectivity index (χ4n) is 3.01. The van der Waals surface area contributed by atoms with Gasteiger partial charge in [-0.2, -0.15) is 0 Å². The highest BCUT2D eigenvalue weighted by molar-refractivity contribution is 5.83. The molecule has 2 heterocycles. The molecule has 24 heavy (non-hydrogen) atoms. The first-order valence-electron chi connectivity index (χ1n) is 8.31. The van der Waals surface area contributed by atoms with E-state index < -0.39 is 5.41 Å². The largest absolute Gasteiger partial charge is 0.381 e. The van der Waals surface area contributed by atoms with E-state index in [0.717, 1.165) is 12.1 Å². The van der Waals surface area contributed by atoms with E-state index in [-0.39, 0.29) is 5.91 Å². The Bertz CT molecular complexity index is 646. The number of nitrogens with zero attached hydrogens (tertiary/aromatic N) is 2. The van der Waals surface area contributed by atoms with Gasteiger partial charge in [-0.1, -0.05) is 24.3 Å². The first-order chi connectivity index (χ1) is 11.7. The molecule has 6 nitrogen and oxygen atoms in total. The molecule has 128 valence electrons. The summed E-state index contributed by atoms with van der Waals surface area (Å²) in [5.41, 5.74) is 7.68. The lowest BCUT2D eigenvalue weighted by Gasteiger charge is -2.34. The first kappa shape index (κ1) is 16.7. The molecule has 1 aliphatic heterocycles. The van der Waals surface area contributed by atoms with Crippen molar-refractivity contribution < 1.29 is 9.53 Å². The maximum atomic E-state index is 12.5. The molecule has 0 unspecified atom stereocenters. The van der Waals surface area contributed by atoms with E-state index in [2.05, 4.69) is 22.4 Å². The Balaban J connectivity index is 1.55. The highest BCUT2D eigenvalue weighted by atomic mass is 16.5. The molecule has 3 N–H and O–H groups in total. The number of hydrogen-bond acceptors (Lipinski definition) is 4. The molecule has 0 radical (unpaired) electrons. The summed E-state index contributed by atoms with van der Waals surface area (Å²) in [7, 11) is 0. The average Bonchev–Trinajstić information content (AvgIpc) is 3.14. The van der Waals surface area contributed by atoms with E-state index in [4.69, 9.17) is 10.5 Å². The van der Waals surface area contributed by atoms with Gasteiger partial charge in [-0.15, -0.1) is 0 Å². The third kappa shape index (κ3) is 3.83. The number of nitrogens with one attached hydrogen (secondary N) is 1. The Morgan fingerprint density at radius 1 is 1.25 bits per heavy atom. The minimum Gasteiger partial charge on any atom is -0.381 e. The number of imidazole rings is 1. The van der Waals surface area contributed by atoms with Gasteiger partial charge in [-0.25, -0.2) is 4.98 Å². The van der Waals surface area contributed by atoms with Crippen molar-refractivity contribution in [2.45, 2.75) is 25.9 Å². The maximum absolute atomic E-state index is 12.5. The topological polar surface area (TPSA) is 82.2 Å². The molecule has 0 spiro atoms. The van der Waals surface area contributed by atoms with Crippen molar-refractivity contribution >= 4 is 5.91 Å². The van der Waals surface area contributed by atoms with Crippen molar-refractivity contribution in [3.63, 3.8) is 0 Å². The SMILES string of the molecule is NCC1(C(=O)NCc2ccc(Cn3ccnc3)cc2)CCOCC1. The summed E-state index contributed by atoms with van der Waals surface area (Å²) >= 11 is 0. The van der Waals surface area contributed by atoms with E-state index in [0.29, 0.717) is 39.1 Å². The van der Waals surface area contributed by atoms with E-state index in [9.17, 15) is 4.79 Å². The first-order valence-corrected chi connectivity index (χ1v) is 8.31. The van der Waals surface area contributed by atoms with Crippen molar-refractivity contribution in [3.05, 3.63) is 54.1 Å². The lowest BCUT2D eigenvalue weighted by molar-refractivity contribution is -0.136. The second-order valence-corrected chi connectivity index (χ2v) is 6.33. The zero-order valence-corrected chi connectivity index (χ0v) is 13.8. The van der Waals surface area contributed by atoms with Crippen LogP contribution in [0.15, 0.2) is 43.0 Å². The Kier molecular flexibility index (Phi) is 5.27. The number of ether oxygens (including phenoxy) is 1. The van der Waals surface area contributed by atoms with Gasteiger partial charge in [-0.05, 0) is 24.0 Å². The zero-order valence-electron chi connectivity index (χ0n) is 13.8. The van der Waals surface area contributed by atoms with Crippen LogP contribution >= 0.6 is 0 Å². The van der Waals surface area contributed by atoms with E-state index >= 15 is 0 Å². The molecule has 6 heteroatoms. The predicted octanol–water partition coefficient (Wildman–Crippen LogP) is 1.30. The third-order valence-electron chi connectivity index (χ3n) is 4.72. The fraction of sp³-hybridized carbons (Fsp3) is 0.444. The number of amides is 1. The quantitative estimate of drug-likeness (QED) is 0.837. The van der Waals surface area contributed by atoms with Crippen LogP contribution in [0.25, 0.3) is 0 Å². The summed E-state index contributed by atoms with van der Waals surface area (Å²) in [6, 6.07) is 8.25. The van der Waals surface area contributed by atoms with Gasteiger partial charge < -0.3 is 20.4 Å². The highest BCUT2D eigenvalue weighted by Gasteiger charge is 2.38. The molecule has 2 aromatic rings. The molecular formula is C18H24N4O2. The Hall–Kier alpha value is -2.18. The molecule has 1 saturated heterocycles. The number of carbonyl (C=O) groups is 1. The molecule has 1 aromatic carbocycles. The number of aromatic nitrogens is 2. The van der Waals surface area contributed by atoms with E-state index in [1.54, 1.807) is 12.5 Å². The Morgan fingerprint density at radius 3 is 2.58 bits per heavy atom. The second kappa shape index (κ2) is 7.59. The average molecular weight is 328 g/mol. The Morgan fingerprint density at radius 2 is 1.96 bits per heavy atom. The summed E-state index contributed by atoms with van der Waals surface area (Å²) in [4.78, 5) is 16.6. The van der Waals surface area contributed by atoms with Crippen LogP contribution in [-0.2, 0) is 22.6 Å². The monoisotopic (exact) mass is 328 g/mol. The normalized spacial score (nSPS) is 16.7. The van der Waals surface area contributed by atoms with Crippen LogP contribution in [0.1, 0.15) is 24.0 Å². The third-order valence-corrected chi connectivity index (χ3v) is 4.72. The smallest absolute Gasteiger partial charge is 0.227 e. The second-order valence-electron chi connectivity index (χ2n) is 6.33. The van der Waals surface area contributed by atoms with Crippen LogP contribution in [0.3, 0.4) is 0 Å². The standard InChI is InChI=1S/C18H24N4O2/c19-13-18(5-9-24-10-6-18)17(23)21-11-15-1-3-16(4-2-15)12-22-8-7-20-14-22/h1-4,7-8,14H,5-6,9-13,19H2,(H,21,23). The van der Waals surface area contributed by atoms with Crippen LogP contribution in [0.5, 0.6) is 0 Å². The van der Waals surface area contributed by atoms with Gasteiger partial charge in [0, 0.05) is 45.2 Å².